The molecule has 6 aromatic rings. The first-order valence-corrected chi connectivity index (χ1v) is 12.5. The lowest BCUT2D eigenvalue weighted by Gasteiger charge is -2.38. The molecular formula is C30H25N7. The van der Waals surface area contributed by atoms with Crippen molar-refractivity contribution in [3.63, 3.8) is 0 Å². The van der Waals surface area contributed by atoms with Crippen molar-refractivity contribution < 1.29 is 0 Å². The van der Waals surface area contributed by atoms with Crippen molar-refractivity contribution in [2.24, 2.45) is 5.73 Å². The molecule has 0 spiro atoms. The number of rotatable bonds is 4. The summed E-state index contributed by atoms with van der Waals surface area (Å²) < 4.78 is 2.00. The van der Waals surface area contributed by atoms with Gasteiger partial charge in [0.1, 0.15) is 5.82 Å². The van der Waals surface area contributed by atoms with Gasteiger partial charge in [-0.25, -0.2) is 9.97 Å². The fourth-order valence-electron chi connectivity index (χ4n) is 5.26. The van der Waals surface area contributed by atoms with Crippen LogP contribution in [-0.2, 0) is 5.54 Å². The molecule has 4 N–H and O–H groups in total. The predicted molar refractivity (Wildman–Crippen MR) is 147 cm³/mol. The zero-order chi connectivity index (χ0) is 25.0. The summed E-state index contributed by atoms with van der Waals surface area (Å²) in [6.45, 7) is 0. The van der Waals surface area contributed by atoms with E-state index in [0.29, 0.717) is 11.6 Å². The number of nitrogens with two attached hydrogens (primary N) is 2. The van der Waals surface area contributed by atoms with Crippen LogP contribution < -0.4 is 11.5 Å². The van der Waals surface area contributed by atoms with E-state index < -0.39 is 0 Å². The highest BCUT2D eigenvalue weighted by atomic mass is 15.3. The molecule has 7 nitrogen and oxygen atoms in total. The van der Waals surface area contributed by atoms with Gasteiger partial charge < -0.3 is 11.5 Å². The first kappa shape index (κ1) is 21.6. The van der Waals surface area contributed by atoms with E-state index in [1.165, 1.54) is 12.0 Å². The lowest BCUT2D eigenvalue weighted by atomic mass is 9.72. The molecule has 0 atom stereocenters. The molecule has 4 aromatic heterocycles. The third-order valence-electron chi connectivity index (χ3n) is 7.49. The highest BCUT2D eigenvalue weighted by Gasteiger charge is 2.34. The third-order valence-corrected chi connectivity index (χ3v) is 7.49. The van der Waals surface area contributed by atoms with Crippen molar-refractivity contribution in [1.82, 2.24) is 24.6 Å². The topological polar surface area (TPSA) is 108 Å². The van der Waals surface area contributed by atoms with Crippen LogP contribution in [0.2, 0.25) is 0 Å². The van der Waals surface area contributed by atoms with Crippen LogP contribution in [0.5, 0.6) is 0 Å². The van der Waals surface area contributed by atoms with Crippen LogP contribution in [-0.4, -0.2) is 24.6 Å². The van der Waals surface area contributed by atoms with E-state index >= 15 is 0 Å². The molecule has 0 amide bonds. The summed E-state index contributed by atoms with van der Waals surface area (Å²) in [6.07, 6.45) is 4.93. The predicted octanol–water partition coefficient (Wildman–Crippen LogP) is 5.59. The molecule has 0 unspecified atom stereocenters. The SMILES string of the molecule is Nc1ncccc1-c1nnc2ccc3nc(-c4ccc(C5(N)CCC5)cc4)c(-c4ccccc4)cc3n12. The third kappa shape index (κ3) is 3.47. The summed E-state index contributed by atoms with van der Waals surface area (Å²) in [7, 11) is 0. The summed E-state index contributed by atoms with van der Waals surface area (Å²) in [5, 5.41) is 8.86. The van der Waals surface area contributed by atoms with E-state index in [0.717, 1.165) is 57.5 Å². The molecule has 0 saturated heterocycles. The van der Waals surface area contributed by atoms with Crippen LogP contribution >= 0.6 is 0 Å². The number of benzene rings is 2. The molecule has 7 heteroatoms. The van der Waals surface area contributed by atoms with E-state index in [9.17, 15) is 0 Å². The normalized spacial score (nSPS) is 14.6. The molecule has 1 aliphatic rings. The maximum Gasteiger partial charge on any atom is 0.172 e. The molecule has 180 valence electrons. The highest BCUT2D eigenvalue weighted by Crippen LogP contribution is 2.40. The van der Waals surface area contributed by atoms with Crippen molar-refractivity contribution in [2.75, 3.05) is 5.73 Å². The Labute approximate surface area is 213 Å². The summed E-state index contributed by atoms with van der Waals surface area (Å²) in [6, 6.07) is 28.8. The number of nitrogen functional groups attached to an aromatic ring is 1. The molecule has 1 saturated carbocycles. The highest BCUT2D eigenvalue weighted by molar-refractivity contribution is 5.92. The smallest absolute Gasteiger partial charge is 0.172 e. The van der Waals surface area contributed by atoms with Gasteiger partial charge in [-0.1, -0.05) is 54.6 Å². The number of nitrogens with zero attached hydrogens (tertiary/aromatic N) is 5. The van der Waals surface area contributed by atoms with Crippen LogP contribution in [0.3, 0.4) is 0 Å². The number of fused-ring (bicyclic) bond motifs is 3. The van der Waals surface area contributed by atoms with Crippen LogP contribution in [0.25, 0.3) is 50.5 Å². The van der Waals surface area contributed by atoms with Crippen molar-refractivity contribution in [3.8, 4) is 33.8 Å². The van der Waals surface area contributed by atoms with Crippen LogP contribution in [0, 0.1) is 0 Å². The number of hydrogen-bond donors (Lipinski definition) is 2. The minimum absolute atomic E-state index is 0.192. The van der Waals surface area contributed by atoms with Crippen LogP contribution in [0.4, 0.5) is 5.82 Å². The Morgan fingerprint density at radius 1 is 0.784 bits per heavy atom. The minimum Gasteiger partial charge on any atom is -0.383 e. The fourth-order valence-corrected chi connectivity index (χ4v) is 5.26. The maximum atomic E-state index is 6.58. The Bertz CT molecular complexity index is 1770. The molecule has 4 heterocycles. The zero-order valence-electron chi connectivity index (χ0n) is 20.2. The summed E-state index contributed by atoms with van der Waals surface area (Å²) in [5.41, 5.74) is 21.0. The Hall–Kier alpha value is -4.62. The van der Waals surface area contributed by atoms with Gasteiger partial charge in [0, 0.05) is 22.9 Å². The molecule has 7 rings (SSSR count). The second-order valence-electron chi connectivity index (χ2n) is 9.73. The Balaban J connectivity index is 1.47. The Morgan fingerprint density at radius 3 is 2.32 bits per heavy atom. The molecule has 0 bridgehead atoms. The second kappa shape index (κ2) is 8.21. The van der Waals surface area contributed by atoms with Gasteiger partial charge in [-0.2, -0.15) is 0 Å². The van der Waals surface area contributed by atoms with E-state index in [-0.39, 0.29) is 5.54 Å². The zero-order valence-corrected chi connectivity index (χ0v) is 20.2. The maximum absolute atomic E-state index is 6.58. The average molecular weight is 484 g/mol. The van der Waals surface area contributed by atoms with Crippen molar-refractivity contribution in [2.45, 2.75) is 24.8 Å². The first-order chi connectivity index (χ1) is 18.1. The molecule has 37 heavy (non-hydrogen) atoms. The fraction of sp³-hybridized carbons (Fsp3) is 0.133. The van der Waals surface area contributed by atoms with E-state index in [2.05, 4.69) is 57.6 Å². The summed E-state index contributed by atoms with van der Waals surface area (Å²) in [5.74, 6) is 1.05. The molecule has 2 aromatic carbocycles. The summed E-state index contributed by atoms with van der Waals surface area (Å²) >= 11 is 0. The second-order valence-corrected chi connectivity index (χ2v) is 9.73. The van der Waals surface area contributed by atoms with Gasteiger partial charge in [-0.15, -0.1) is 10.2 Å². The molecule has 0 radical (unpaired) electrons. The van der Waals surface area contributed by atoms with Gasteiger partial charge in [-0.05, 0) is 60.7 Å². The van der Waals surface area contributed by atoms with Crippen molar-refractivity contribution in [1.29, 1.82) is 0 Å². The van der Waals surface area contributed by atoms with E-state index in [4.69, 9.17) is 16.5 Å². The van der Waals surface area contributed by atoms with Crippen molar-refractivity contribution >= 4 is 22.5 Å². The Morgan fingerprint density at radius 2 is 1.59 bits per heavy atom. The van der Waals surface area contributed by atoms with E-state index in [1.807, 2.05) is 46.9 Å². The molecular weight excluding hydrogens is 458 g/mol. The number of anilines is 1. The first-order valence-electron chi connectivity index (χ1n) is 12.5. The quantitative estimate of drug-likeness (QED) is 0.338. The van der Waals surface area contributed by atoms with Gasteiger partial charge in [0.15, 0.2) is 11.5 Å². The van der Waals surface area contributed by atoms with Gasteiger partial charge >= 0.3 is 0 Å². The number of aromatic nitrogens is 5. The minimum atomic E-state index is -0.192. The standard InChI is InChI=1S/C30H25N7/c31-28-22(8-4-17-33-28)29-36-35-26-14-13-24-25(37(26)29)18-23(19-6-2-1-3-7-19)27(34-24)20-9-11-21(12-10-20)30(32)15-5-16-30/h1-4,6-14,17-18H,5,15-16,32H2,(H2,31,33). The molecule has 1 fully saturated rings. The number of hydrogen-bond acceptors (Lipinski definition) is 6. The van der Waals surface area contributed by atoms with Gasteiger partial charge in [0.25, 0.3) is 0 Å². The monoisotopic (exact) mass is 483 g/mol. The Kier molecular flexibility index (Phi) is 4.81. The van der Waals surface area contributed by atoms with Crippen LogP contribution in [0.1, 0.15) is 24.8 Å². The average Bonchev–Trinajstić information content (AvgIpc) is 3.36. The molecule has 1 aliphatic carbocycles. The van der Waals surface area contributed by atoms with Crippen LogP contribution in [0.15, 0.2) is 91.1 Å². The lowest BCUT2D eigenvalue weighted by Crippen LogP contribution is -2.43. The van der Waals surface area contributed by atoms with Gasteiger partial charge in [0.2, 0.25) is 0 Å². The van der Waals surface area contributed by atoms with Gasteiger partial charge in [-0.3, -0.25) is 4.40 Å². The number of pyridine rings is 3. The summed E-state index contributed by atoms with van der Waals surface area (Å²) in [4.78, 5) is 9.43. The van der Waals surface area contributed by atoms with Crippen molar-refractivity contribution in [3.05, 3.63) is 96.7 Å². The lowest BCUT2D eigenvalue weighted by molar-refractivity contribution is 0.253. The largest absolute Gasteiger partial charge is 0.383 e. The molecule has 0 aliphatic heterocycles. The van der Waals surface area contributed by atoms with Gasteiger partial charge in [0.05, 0.1) is 22.3 Å². The van der Waals surface area contributed by atoms with E-state index in [1.54, 1.807) is 6.20 Å².